The van der Waals surface area contributed by atoms with Gasteiger partial charge in [0, 0.05) is 0 Å². The molecular formula is C13H20O2Si. The van der Waals surface area contributed by atoms with Gasteiger partial charge in [-0.2, -0.15) is 0 Å². The first-order chi connectivity index (χ1) is 7.23. The van der Waals surface area contributed by atoms with E-state index in [1.54, 1.807) is 0 Å². The van der Waals surface area contributed by atoms with Crippen LogP contribution in [0, 0.1) is 5.41 Å². The molecule has 88 valence electrons. The van der Waals surface area contributed by atoms with Gasteiger partial charge in [0.2, 0.25) is 0 Å². The largest absolute Gasteiger partial charge is 0.515 e. The molecule has 0 bridgehead atoms. The molecule has 2 nitrogen and oxygen atoms in total. The predicted molar refractivity (Wildman–Crippen MR) is 69.1 cm³/mol. The summed E-state index contributed by atoms with van der Waals surface area (Å²) in [6, 6.07) is 9.99. The number of carbonyl (C=O) groups is 1. The molecule has 0 atom stereocenters. The molecule has 0 aliphatic carbocycles. The molecule has 0 N–H and O–H groups in total. The molecule has 0 aliphatic rings. The smallest absolute Gasteiger partial charge is 0.298 e. The second-order valence-electron chi connectivity index (χ2n) is 5.52. The molecule has 1 aromatic rings. The maximum atomic E-state index is 11.9. The van der Waals surface area contributed by atoms with Crippen LogP contribution in [0.3, 0.4) is 0 Å². The number of hydrogen-bond donors (Lipinski definition) is 0. The van der Waals surface area contributed by atoms with E-state index in [4.69, 9.17) is 4.43 Å². The van der Waals surface area contributed by atoms with Crippen molar-refractivity contribution in [3.05, 3.63) is 30.3 Å². The fourth-order valence-corrected chi connectivity index (χ4v) is 3.17. The highest BCUT2D eigenvalue weighted by molar-refractivity contribution is 6.85. The van der Waals surface area contributed by atoms with E-state index in [0.717, 1.165) is 5.19 Å². The zero-order valence-electron chi connectivity index (χ0n) is 10.7. The van der Waals surface area contributed by atoms with Crippen molar-refractivity contribution >= 4 is 19.5 Å². The third-order valence-electron chi connectivity index (χ3n) is 2.43. The molecule has 0 amide bonds. The zero-order valence-corrected chi connectivity index (χ0v) is 11.7. The quantitative estimate of drug-likeness (QED) is 0.738. The molecule has 1 aromatic carbocycles. The van der Waals surface area contributed by atoms with Crippen LogP contribution in [0.1, 0.15) is 20.8 Å². The van der Waals surface area contributed by atoms with E-state index >= 15 is 0 Å². The minimum atomic E-state index is -2.10. The summed E-state index contributed by atoms with van der Waals surface area (Å²) in [7, 11) is -2.10. The maximum absolute atomic E-state index is 11.9. The van der Waals surface area contributed by atoms with Crippen molar-refractivity contribution in [2.45, 2.75) is 33.9 Å². The number of hydrogen-bond acceptors (Lipinski definition) is 2. The summed E-state index contributed by atoms with van der Waals surface area (Å²) in [4.78, 5) is 11.9. The summed E-state index contributed by atoms with van der Waals surface area (Å²) >= 11 is 0. The lowest BCUT2D eigenvalue weighted by Gasteiger charge is -2.27. The van der Waals surface area contributed by atoms with Gasteiger partial charge in [-0.15, -0.1) is 0 Å². The van der Waals surface area contributed by atoms with Crippen LogP contribution in [0.2, 0.25) is 13.1 Å². The first-order valence-corrected chi connectivity index (χ1v) is 8.43. The van der Waals surface area contributed by atoms with Crippen molar-refractivity contribution in [3.8, 4) is 0 Å². The number of carbonyl (C=O) groups excluding carboxylic acids is 1. The van der Waals surface area contributed by atoms with E-state index in [9.17, 15) is 4.79 Å². The van der Waals surface area contributed by atoms with E-state index in [1.807, 2.05) is 64.2 Å². The maximum Gasteiger partial charge on any atom is 0.298 e. The summed E-state index contributed by atoms with van der Waals surface area (Å²) in [5.74, 6) is -0.118. The number of rotatable bonds is 2. The van der Waals surface area contributed by atoms with Crippen LogP contribution in [0.25, 0.3) is 0 Å². The summed E-state index contributed by atoms with van der Waals surface area (Å²) in [5.41, 5.74) is -0.431. The highest BCUT2D eigenvalue weighted by Gasteiger charge is 2.33. The first kappa shape index (κ1) is 13.0. The molecule has 0 aliphatic heterocycles. The standard InChI is InChI=1S/C13H20O2Si/c1-13(2,3)12(14)15-16(4,5)11-9-7-6-8-10-11/h6-10H,1-5H3. The van der Waals surface area contributed by atoms with E-state index in [2.05, 4.69) is 0 Å². The minimum Gasteiger partial charge on any atom is -0.515 e. The fourth-order valence-electron chi connectivity index (χ4n) is 1.28. The Morgan fingerprint density at radius 2 is 1.62 bits per heavy atom. The normalized spacial score (nSPS) is 12.3. The molecular weight excluding hydrogens is 216 g/mol. The second-order valence-corrected chi connectivity index (χ2v) is 9.32. The Kier molecular flexibility index (Phi) is 3.58. The van der Waals surface area contributed by atoms with Gasteiger partial charge in [-0.1, -0.05) is 30.3 Å². The Hall–Kier alpha value is -1.09. The molecule has 0 heterocycles. The first-order valence-electron chi connectivity index (χ1n) is 5.52. The summed E-state index contributed by atoms with van der Waals surface area (Å²) in [5, 5.41) is 1.15. The van der Waals surface area contributed by atoms with Gasteiger partial charge < -0.3 is 4.43 Å². The molecule has 16 heavy (non-hydrogen) atoms. The Morgan fingerprint density at radius 1 is 1.12 bits per heavy atom. The van der Waals surface area contributed by atoms with Crippen molar-refractivity contribution in [1.29, 1.82) is 0 Å². The van der Waals surface area contributed by atoms with Gasteiger partial charge in [-0.3, -0.25) is 4.79 Å². The second kappa shape index (κ2) is 4.42. The van der Waals surface area contributed by atoms with Crippen LogP contribution in [0.4, 0.5) is 0 Å². The Balaban J connectivity index is 2.85. The van der Waals surface area contributed by atoms with Crippen LogP contribution in [0.15, 0.2) is 30.3 Å². The van der Waals surface area contributed by atoms with Crippen LogP contribution in [-0.2, 0) is 9.22 Å². The summed E-state index contributed by atoms with van der Waals surface area (Å²) < 4.78 is 5.69. The van der Waals surface area contributed by atoms with Crippen LogP contribution < -0.4 is 5.19 Å². The SMILES string of the molecule is CC(C)(C)C(=O)O[Si](C)(C)c1ccccc1. The minimum absolute atomic E-state index is 0.118. The lowest BCUT2D eigenvalue weighted by molar-refractivity contribution is -0.143. The third-order valence-corrected chi connectivity index (χ3v) is 4.85. The third kappa shape index (κ3) is 3.20. The van der Waals surface area contributed by atoms with Crippen molar-refractivity contribution in [1.82, 2.24) is 0 Å². The highest BCUT2D eigenvalue weighted by Crippen LogP contribution is 2.18. The molecule has 0 spiro atoms. The van der Waals surface area contributed by atoms with Crippen molar-refractivity contribution in [2.24, 2.45) is 5.41 Å². The van der Waals surface area contributed by atoms with E-state index in [-0.39, 0.29) is 5.97 Å². The van der Waals surface area contributed by atoms with Gasteiger partial charge in [0.25, 0.3) is 14.3 Å². The molecule has 1 rings (SSSR count). The van der Waals surface area contributed by atoms with Crippen LogP contribution in [-0.4, -0.2) is 14.3 Å². The van der Waals surface area contributed by atoms with Crippen LogP contribution in [0.5, 0.6) is 0 Å². The molecule has 0 aromatic heterocycles. The van der Waals surface area contributed by atoms with Crippen molar-refractivity contribution < 1.29 is 9.22 Å². The molecule has 0 unspecified atom stereocenters. The lowest BCUT2D eigenvalue weighted by atomic mass is 9.98. The molecule has 0 saturated heterocycles. The van der Waals surface area contributed by atoms with Gasteiger partial charge in [0.1, 0.15) is 0 Å². The highest BCUT2D eigenvalue weighted by atomic mass is 28.4. The van der Waals surface area contributed by atoms with E-state index in [0.29, 0.717) is 0 Å². The van der Waals surface area contributed by atoms with Crippen molar-refractivity contribution in [3.63, 3.8) is 0 Å². The fraction of sp³-hybridized carbons (Fsp3) is 0.462. The Bertz CT molecular complexity index is 363. The average Bonchev–Trinajstić information content (AvgIpc) is 2.17. The molecule has 0 radical (unpaired) electrons. The van der Waals surface area contributed by atoms with Gasteiger partial charge in [0.15, 0.2) is 0 Å². The van der Waals surface area contributed by atoms with Crippen molar-refractivity contribution in [2.75, 3.05) is 0 Å². The monoisotopic (exact) mass is 236 g/mol. The van der Waals surface area contributed by atoms with Gasteiger partial charge >= 0.3 is 0 Å². The van der Waals surface area contributed by atoms with E-state index < -0.39 is 13.7 Å². The zero-order chi connectivity index (χ0) is 12.4. The molecule has 3 heteroatoms. The van der Waals surface area contributed by atoms with E-state index in [1.165, 1.54) is 0 Å². The van der Waals surface area contributed by atoms with Crippen LogP contribution >= 0.6 is 0 Å². The van der Waals surface area contributed by atoms with Gasteiger partial charge in [0.05, 0.1) is 5.41 Å². The summed E-state index contributed by atoms with van der Waals surface area (Å²) in [6.45, 7) is 9.73. The Labute approximate surface area is 98.8 Å². The molecule has 0 saturated carbocycles. The molecule has 0 fully saturated rings. The topological polar surface area (TPSA) is 26.3 Å². The lowest BCUT2D eigenvalue weighted by Crippen LogP contribution is -2.48. The number of benzene rings is 1. The van der Waals surface area contributed by atoms with Gasteiger partial charge in [-0.05, 0) is 39.1 Å². The Morgan fingerprint density at radius 3 is 2.06 bits per heavy atom. The summed E-state index contributed by atoms with van der Waals surface area (Å²) in [6.07, 6.45) is 0. The predicted octanol–water partition coefficient (Wildman–Crippen LogP) is 2.69. The average molecular weight is 236 g/mol. The van der Waals surface area contributed by atoms with Gasteiger partial charge in [-0.25, -0.2) is 0 Å².